The second-order valence-electron chi connectivity index (χ2n) is 2.36. The summed E-state index contributed by atoms with van der Waals surface area (Å²) in [5, 5.41) is 0. The summed E-state index contributed by atoms with van der Waals surface area (Å²) >= 11 is 0. The third kappa shape index (κ3) is 11.0. The molecule has 1 aromatic carbocycles. The van der Waals surface area contributed by atoms with Gasteiger partial charge in [-0.15, -0.1) is 0 Å². The van der Waals surface area contributed by atoms with Crippen LogP contribution in [-0.2, 0) is 4.74 Å². The first-order valence-electron chi connectivity index (χ1n) is 6.39. The molecule has 0 radical (unpaired) electrons. The Balaban J connectivity index is -0.000000285. The number of ether oxygens (including phenoxy) is 1. The molecule has 0 atom stereocenters. The van der Waals surface area contributed by atoms with Crippen LogP contribution in [0.25, 0.3) is 0 Å². The van der Waals surface area contributed by atoms with Gasteiger partial charge in [0.15, 0.2) is 0 Å². The molecule has 2 nitrogen and oxygen atoms in total. The molecule has 0 aliphatic rings. The van der Waals surface area contributed by atoms with Crippen LogP contribution >= 0.6 is 0 Å². The van der Waals surface area contributed by atoms with Crippen molar-refractivity contribution in [3.63, 3.8) is 0 Å². The summed E-state index contributed by atoms with van der Waals surface area (Å²) in [4.78, 5) is 10.9. The van der Waals surface area contributed by atoms with E-state index in [9.17, 15) is 4.79 Å². The van der Waals surface area contributed by atoms with Crippen LogP contribution in [0.5, 0.6) is 0 Å². The minimum atomic E-state index is -0.284. The van der Waals surface area contributed by atoms with Crippen molar-refractivity contribution in [1.29, 1.82) is 0 Å². The van der Waals surface area contributed by atoms with E-state index >= 15 is 0 Å². The van der Waals surface area contributed by atoms with Crippen molar-refractivity contribution in [3.05, 3.63) is 35.4 Å². The lowest BCUT2D eigenvalue weighted by Gasteiger charge is -1.98. The van der Waals surface area contributed by atoms with Gasteiger partial charge >= 0.3 is 5.97 Å². The lowest BCUT2D eigenvalue weighted by atomic mass is 10.1. The second kappa shape index (κ2) is 17.1. The van der Waals surface area contributed by atoms with Crippen molar-refractivity contribution < 1.29 is 9.53 Å². The predicted octanol–water partition coefficient (Wildman–Crippen LogP) is 4.86. The van der Waals surface area contributed by atoms with Crippen LogP contribution in [0.2, 0.25) is 0 Å². The largest absolute Gasteiger partial charge is 0.465 e. The van der Waals surface area contributed by atoms with Gasteiger partial charge in [-0.2, -0.15) is 0 Å². The molecule has 1 aromatic rings. The molecule has 0 amide bonds. The Hall–Kier alpha value is -1.31. The van der Waals surface area contributed by atoms with Gasteiger partial charge in [-0.1, -0.05) is 59.2 Å². The fraction of sp³-hybridized carbons (Fsp3) is 0.533. The van der Waals surface area contributed by atoms with Gasteiger partial charge in [0.1, 0.15) is 0 Å². The summed E-state index contributed by atoms with van der Waals surface area (Å²) in [7, 11) is 1.38. The van der Waals surface area contributed by atoms with Crippen LogP contribution in [0.3, 0.4) is 0 Å². The normalized spacial score (nSPS) is 7.06. The van der Waals surface area contributed by atoms with Crippen LogP contribution in [0, 0.1) is 6.92 Å². The van der Waals surface area contributed by atoms with E-state index in [0.29, 0.717) is 5.56 Å². The minimum absolute atomic E-state index is 0.284. The number of carbonyl (C=O) groups is 1. The minimum Gasteiger partial charge on any atom is -0.465 e. The molecule has 2 heteroatoms. The monoisotopic (exact) mass is 240 g/mol. The highest BCUT2D eigenvalue weighted by molar-refractivity contribution is 5.89. The highest BCUT2D eigenvalue weighted by Crippen LogP contribution is 2.04. The van der Waals surface area contributed by atoms with Gasteiger partial charge < -0.3 is 4.74 Å². The molecule has 0 aliphatic carbocycles. The molecule has 0 unspecified atom stereocenters. The summed E-state index contributed by atoms with van der Waals surface area (Å²) in [6, 6.07) is 7.30. The van der Waals surface area contributed by atoms with E-state index in [2.05, 4.69) is 4.74 Å². The highest BCUT2D eigenvalue weighted by Gasteiger charge is 2.02. The second-order valence-corrected chi connectivity index (χ2v) is 2.36. The molecule has 0 saturated heterocycles. The number of carbonyl (C=O) groups excluding carboxylic acids is 1. The maximum atomic E-state index is 10.9. The Morgan fingerprint density at radius 2 is 1.47 bits per heavy atom. The van der Waals surface area contributed by atoms with E-state index in [0.717, 1.165) is 5.56 Å². The Morgan fingerprint density at radius 1 is 1.00 bits per heavy atom. The van der Waals surface area contributed by atoms with E-state index in [1.54, 1.807) is 12.1 Å². The van der Waals surface area contributed by atoms with Crippen molar-refractivity contribution in [3.8, 4) is 0 Å². The zero-order chi connectivity index (χ0) is 14.3. The first-order valence-corrected chi connectivity index (χ1v) is 6.39. The smallest absolute Gasteiger partial charge is 0.337 e. The number of benzene rings is 1. The molecule has 0 spiro atoms. The van der Waals surface area contributed by atoms with Gasteiger partial charge in [-0.05, 0) is 19.1 Å². The van der Waals surface area contributed by atoms with Crippen molar-refractivity contribution in [2.45, 2.75) is 48.5 Å². The fourth-order valence-electron chi connectivity index (χ4n) is 0.890. The Bertz CT molecular complexity index is 267. The molecule has 0 aromatic heterocycles. The van der Waals surface area contributed by atoms with Crippen LogP contribution in [-0.4, -0.2) is 13.1 Å². The van der Waals surface area contributed by atoms with Gasteiger partial charge in [-0.25, -0.2) is 4.79 Å². The molecule has 0 fully saturated rings. The predicted molar refractivity (Wildman–Crippen MR) is 76.6 cm³/mol. The average molecular weight is 240 g/mol. The molecule has 100 valence electrons. The third-order valence-electron chi connectivity index (χ3n) is 1.44. The number of methoxy groups -OCH3 is 1. The van der Waals surface area contributed by atoms with Gasteiger partial charge in [0.2, 0.25) is 0 Å². The van der Waals surface area contributed by atoms with E-state index in [1.807, 2.05) is 60.6 Å². The SMILES string of the molecule is CC.CC.CC.COC(=O)c1cccc(C)c1. The average Bonchev–Trinajstić information content (AvgIpc) is 2.44. The Kier molecular flexibility index (Phi) is 21.1. The summed E-state index contributed by atoms with van der Waals surface area (Å²) in [5.41, 5.74) is 1.67. The maximum absolute atomic E-state index is 10.9. The van der Waals surface area contributed by atoms with E-state index in [1.165, 1.54) is 7.11 Å². The number of rotatable bonds is 1. The number of aryl methyl sites for hydroxylation is 1. The molecular formula is C15H28O2. The standard InChI is InChI=1S/C9H10O2.3C2H6/c1-7-4-3-5-8(6-7)9(10)11-2;3*1-2/h3-6H,1-2H3;3*1-2H3. The highest BCUT2D eigenvalue weighted by atomic mass is 16.5. The van der Waals surface area contributed by atoms with Gasteiger partial charge in [0.05, 0.1) is 12.7 Å². The van der Waals surface area contributed by atoms with Crippen LogP contribution < -0.4 is 0 Å². The number of esters is 1. The first kappa shape index (κ1) is 21.0. The molecule has 0 bridgehead atoms. The van der Waals surface area contributed by atoms with E-state index in [-0.39, 0.29) is 5.97 Å². The molecule has 0 N–H and O–H groups in total. The summed E-state index contributed by atoms with van der Waals surface area (Å²) in [6.45, 7) is 13.9. The fourth-order valence-corrected chi connectivity index (χ4v) is 0.890. The van der Waals surface area contributed by atoms with Crippen LogP contribution in [0.1, 0.15) is 57.5 Å². The Morgan fingerprint density at radius 3 is 1.82 bits per heavy atom. The van der Waals surface area contributed by atoms with Crippen molar-refractivity contribution in [2.75, 3.05) is 7.11 Å². The van der Waals surface area contributed by atoms with Crippen LogP contribution in [0.4, 0.5) is 0 Å². The molecular weight excluding hydrogens is 212 g/mol. The zero-order valence-corrected chi connectivity index (χ0v) is 12.6. The lowest BCUT2D eigenvalue weighted by molar-refractivity contribution is 0.0600. The van der Waals surface area contributed by atoms with Crippen molar-refractivity contribution >= 4 is 5.97 Å². The zero-order valence-electron chi connectivity index (χ0n) is 12.6. The Labute approximate surface area is 107 Å². The summed E-state index contributed by atoms with van der Waals surface area (Å²) < 4.78 is 4.55. The van der Waals surface area contributed by atoms with Gasteiger partial charge in [0.25, 0.3) is 0 Å². The van der Waals surface area contributed by atoms with Crippen LogP contribution in [0.15, 0.2) is 24.3 Å². The molecule has 0 saturated carbocycles. The van der Waals surface area contributed by atoms with Gasteiger partial charge in [-0.3, -0.25) is 0 Å². The molecule has 17 heavy (non-hydrogen) atoms. The van der Waals surface area contributed by atoms with E-state index < -0.39 is 0 Å². The first-order chi connectivity index (χ1) is 8.24. The molecule has 0 aliphatic heterocycles. The summed E-state index contributed by atoms with van der Waals surface area (Å²) in [5.74, 6) is -0.284. The van der Waals surface area contributed by atoms with Crippen molar-refractivity contribution in [1.82, 2.24) is 0 Å². The lowest BCUT2D eigenvalue weighted by Crippen LogP contribution is -2.00. The number of hydrogen-bond acceptors (Lipinski definition) is 2. The van der Waals surface area contributed by atoms with Gasteiger partial charge in [0, 0.05) is 0 Å². The molecule has 1 rings (SSSR count). The number of hydrogen-bond donors (Lipinski definition) is 0. The quantitative estimate of drug-likeness (QED) is 0.655. The molecule has 0 heterocycles. The summed E-state index contributed by atoms with van der Waals surface area (Å²) in [6.07, 6.45) is 0. The third-order valence-corrected chi connectivity index (χ3v) is 1.44. The maximum Gasteiger partial charge on any atom is 0.337 e. The topological polar surface area (TPSA) is 26.3 Å². The van der Waals surface area contributed by atoms with Crippen molar-refractivity contribution in [2.24, 2.45) is 0 Å². The van der Waals surface area contributed by atoms with E-state index in [4.69, 9.17) is 0 Å².